The number of hydrogen-bond acceptors (Lipinski definition) is 3. The van der Waals surface area contributed by atoms with Crippen molar-refractivity contribution < 1.29 is 0 Å². The molecule has 1 aromatic heterocycles. The Kier molecular flexibility index (Phi) is 3.31. The predicted octanol–water partition coefficient (Wildman–Crippen LogP) is 1.35. The van der Waals surface area contributed by atoms with Gasteiger partial charge in [-0.3, -0.25) is 0 Å². The van der Waals surface area contributed by atoms with Crippen molar-refractivity contribution in [3.63, 3.8) is 0 Å². The number of nitrogens with zero attached hydrogens (tertiary/aromatic N) is 3. The summed E-state index contributed by atoms with van der Waals surface area (Å²) in [4.78, 5) is 0. The van der Waals surface area contributed by atoms with E-state index in [1.807, 2.05) is 7.05 Å². The molecule has 0 aliphatic carbocycles. The van der Waals surface area contributed by atoms with Gasteiger partial charge in [0.15, 0.2) is 0 Å². The molecular weight excluding hydrogens is 200 g/mol. The standard InChI is InChI=1S/C12H16N4/c1-10-3-5-11(6-4-10)8-16-9-14-15-12(16)7-13-2/h3-6,9,13H,7-8H2,1-2H3. The number of aromatic nitrogens is 3. The van der Waals surface area contributed by atoms with Crippen molar-refractivity contribution in [2.45, 2.75) is 20.0 Å². The van der Waals surface area contributed by atoms with Gasteiger partial charge in [0.2, 0.25) is 0 Å². The summed E-state index contributed by atoms with van der Waals surface area (Å²) in [5.74, 6) is 0.961. The molecule has 1 heterocycles. The van der Waals surface area contributed by atoms with Crippen LogP contribution >= 0.6 is 0 Å². The van der Waals surface area contributed by atoms with Crippen molar-refractivity contribution in [3.05, 3.63) is 47.5 Å². The molecule has 2 rings (SSSR count). The van der Waals surface area contributed by atoms with E-state index in [1.54, 1.807) is 6.33 Å². The molecular formula is C12H16N4. The van der Waals surface area contributed by atoms with Crippen molar-refractivity contribution in [1.82, 2.24) is 20.1 Å². The normalized spacial score (nSPS) is 10.6. The largest absolute Gasteiger partial charge is 0.313 e. The van der Waals surface area contributed by atoms with E-state index in [1.165, 1.54) is 11.1 Å². The highest BCUT2D eigenvalue weighted by atomic mass is 15.3. The average molecular weight is 216 g/mol. The Morgan fingerprint density at radius 1 is 1.25 bits per heavy atom. The molecule has 1 N–H and O–H groups in total. The summed E-state index contributed by atoms with van der Waals surface area (Å²) in [7, 11) is 1.91. The SMILES string of the molecule is CNCc1nncn1Cc1ccc(C)cc1. The van der Waals surface area contributed by atoms with Gasteiger partial charge in [0.1, 0.15) is 12.2 Å². The summed E-state index contributed by atoms with van der Waals surface area (Å²) in [5, 5.41) is 11.1. The Balaban J connectivity index is 2.13. The number of aryl methyl sites for hydroxylation is 1. The molecule has 4 nitrogen and oxygen atoms in total. The summed E-state index contributed by atoms with van der Waals surface area (Å²) < 4.78 is 2.06. The van der Waals surface area contributed by atoms with Crippen molar-refractivity contribution in [1.29, 1.82) is 0 Å². The predicted molar refractivity (Wildman–Crippen MR) is 63.1 cm³/mol. The lowest BCUT2D eigenvalue weighted by Crippen LogP contribution is -2.12. The van der Waals surface area contributed by atoms with Gasteiger partial charge < -0.3 is 9.88 Å². The Morgan fingerprint density at radius 3 is 2.69 bits per heavy atom. The Morgan fingerprint density at radius 2 is 2.00 bits per heavy atom. The van der Waals surface area contributed by atoms with E-state index in [4.69, 9.17) is 0 Å². The molecule has 84 valence electrons. The van der Waals surface area contributed by atoms with Crippen LogP contribution in [0, 0.1) is 6.92 Å². The first-order chi connectivity index (χ1) is 7.79. The molecule has 1 aromatic carbocycles. The van der Waals surface area contributed by atoms with E-state index in [-0.39, 0.29) is 0 Å². The molecule has 4 heteroatoms. The highest BCUT2D eigenvalue weighted by Gasteiger charge is 2.03. The van der Waals surface area contributed by atoms with E-state index in [0.29, 0.717) is 0 Å². The molecule has 0 spiro atoms. The maximum atomic E-state index is 4.07. The van der Waals surface area contributed by atoms with Crippen molar-refractivity contribution >= 4 is 0 Å². The fraction of sp³-hybridized carbons (Fsp3) is 0.333. The Bertz CT molecular complexity index is 444. The van der Waals surface area contributed by atoms with Crippen LogP contribution in [0.4, 0.5) is 0 Å². The van der Waals surface area contributed by atoms with Crippen molar-refractivity contribution in [2.75, 3.05) is 7.05 Å². The zero-order valence-electron chi connectivity index (χ0n) is 9.64. The van der Waals surface area contributed by atoms with Gasteiger partial charge in [-0.25, -0.2) is 0 Å². The Hall–Kier alpha value is -1.68. The summed E-state index contributed by atoms with van der Waals surface area (Å²) in [5.41, 5.74) is 2.55. The van der Waals surface area contributed by atoms with E-state index in [2.05, 4.69) is 51.3 Å². The van der Waals surface area contributed by atoms with Crippen LogP contribution in [0.25, 0.3) is 0 Å². The monoisotopic (exact) mass is 216 g/mol. The first kappa shape index (κ1) is 10.8. The second-order valence-corrected chi connectivity index (χ2v) is 3.89. The zero-order valence-corrected chi connectivity index (χ0v) is 9.64. The van der Waals surface area contributed by atoms with Gasteiger partial charge in [-0.05, 0) is 19.5 Å². The highest BCUT2D eigenvalue weighted by molar-refractivity contribution is 5.21. The third-order valence-corrected chi connectivity index (χ3v) is 2.50. The molecule has 0 aliphatic rings. The van der Waals surface area contributed by atoms with Gasteiger partial charge in [0.25, 0.3) is 0 Å². The summed E-state index contributed by atoms with van der Waals surface area (Å²) >= 11 is 0. The number of hydrogen-bond donors (Lipinski definition) is 1. The topological polar surface area (TPSA) is 42.7 Å². The summed E-state index contributed by atoms with van der Waals surface area (Å²) in [6.45, 7) is 3.66. The lowest BCUT2D eigenvalue weighted by Gasteiger charge is -2.06. The van der Waals surface area contributed by atoms with Crippen LogP contribution in [0.1, 0.15) is 17.0 Å². The smallest absolute Gasteiger partial charge is 0.147 e. The second kappa shape index (κ2) is 4.90. The van der Waals surface area contributed by atoms with E-state index in [9.17, 15) is 0 Å². The highest BCUT2D eigenvalue weighted by Crippen LogP contribution is 2.06. The van der Waals surface area contributed by atoms with E-state index in [0.717, 1.165) is 18.9 Å². The van der Waals surface area contributed by atoms with Gasteiger partial charge in [0.05, 0.1) is 13.1 Å². The van der Waals surface area contributed by atoms with Crippen LogP contribution in [0.15, 0.2) is 30.6 Å². The minimum absolute atomic E-state index is 0.742. The first-order valence-corrected chi connectivity index (χ1v) is 5.36. The molecule has 0 atom stereocenters. The molecule has 0 radical (unpaired) electrons. The fourth-order valence-corrected chi connectivity index (χ4v) is 1.60. The van der Waals surface area contributed by atoms with Crippen LogP contribution in [0.5, 0.6) is 0 Å². The maximum Gasteiger partial charge on any atom is 0.147 e. The lowest BCUT2D eigenvalue weighted by atomic mass is 10.1. The third kappa shape index (κ3) is 2.46. The molecule has 0 aliphatic heterocycles. The van der Waals surface area contributed by atoms with Gasteiger partial charge in [-0.15, -0.1) is 10.2 Å². The minimum atomic E-state index is 0.742. The van der Waals surface area contributed by atoms with Crippen molar-refractivity contribution in [3.8, 4) is 0 Å². The number of rotatable bonds is 4. The summed E-state index contributed by atoms with van der Waals surface area (Å²) in [6, 6.07) is 8.52. The molecule has 16 heavy (non-hydrogen) atoms. The molecule has 2 aromatic rings. The third-order valence-electron chi connectivity index (χ3n) is 2.50. The molecule has 0 fully saturated rings. The van der Waals surface area contributed by atoms with E-state index < -0.39 is 0 Å². The lowest BCUT2D eigenvalue weighted by molar-refractivity contribution is 0.672. The molecule has 0 saturated carbocycles. The molecule has 0 saturated heterocycles. The van der Waals surface area contributed by atoms with Gasteiger partial charge in [-0.1, -0.05) is 29.8 Å². The van der Waals surface area contributed by atoms with Crippen LogP contribution in [0.3, 0.4) is 0 Å². The molecule has 0 amide bonds. The maximum absolute atomic E-state index is 4.07. The molecule has 0 bridgehead atoms. The number of benzene rings is 1. The first-order valence-electron chi connectivity index (χ1n) is 5.36. The zero-order chi connectivity index (χ0) is 11.4. The van der Waals surface area contributed by atoms with Gasteiger partial charge >= 0.3 is 0 Å². The second-order valence-electron chi connectivity index (χ2n) is 3.89. The average Bonchev–Trinajstić information content (AvgIpc) is 2.70. The van der Waals surface area contributed by atoms with Crippen molar-refractivity contribution in [2.24, 2.45) is 0 Å². The van der Waals surface area contributed by atoms with Crippen LogP contribution in [-0.2, 0) is 13.1 Å². The van der Waals surface area contributed by atoms with Gasteiger partial charge in [0, 0.05) is 0 Å². The molecule has 0 unspecified atom stereocenters. The quantitative estimate of drug-likeness (QED) is 0.839. The number of nitrogens with one attached hydrogen (secondary N) is 1. The fourth-order valence-electron chi connectivity index (χ4n) is 1.60. The Labute approximate surface area is 95.3 Å². The van der Waals surface area contributed by atoms with Crippen LogP contribution in [0.2, 0.25) is 0 Å². The van der Waals surface area contributed by atoms with Crippen LogP contribution in [-0.4, -0.2) is 21.8 Å². The van der Waals surface area contributed by atoms with Crippen LogP contribution < -0.4 is 5.32 Å². The van der Waals surface area contributed by atoms with Gasteiger partial charge in [-0.2, -0.15) is 0 Å². The summed E-state index contributed by atoms with van der Waals surface area (Å²) in [6.07, 6.45) is 1.77. The minimum Gasteiger partial charge on any atom is -0.313 e. The van der Waals surface area contributed by atoms with E-state index >= 15 is 0 Å².